The van der Waals surface area contributed by atoms with Gasteiger partial charge in [0, 0.05) is 30.9 Å². The minimum Gasteiger partial charge on any atom is -0.440 e. The van der Waals surface area contributed by atoms with Gasteiger partial charge in [-0.05, 0) is 18.1 Å². The molecule has 114 valence electrons. The van der Waals surface area contributed by atoms with Gasteiger partial charge in [-0.1, -0.05) is 6.42 Å². The summed E-state index contributed by atoms with van der Waals surface area (Å²) in [6.07, 6.45) is 15.5. The highest BCUT2D eigenvalue weighted by Crippen LogP contribution is 2.15. The minimum absolute atomic E-state index is 0.520. The Kier molecular flexibility index (Phi) is 6.40. The first-order chi connectivity index (χ1) is 10.8. The van der Waals surface area contributed by atoms with Crippen molar-refractivity contribution in [3.63, 3.8) is 0 Å². The predicted octanol–water partition coefficient (Wildman–Crippen LogP) is 1.57. The molecular formula is C18H22N2O2+2. The van der Waals surface area contributed by atoms with Crippen molar-refractivity contribution in [2.45, 2.75) is 20.0 Å². The highest BCUT2D eigenvalue weighted by molar-refractivity contribution is 5.60. The molecule has 0 bridgehead atoms. The van der Waals surface area contributed by atoms with Crippen LogP contribution in [0.25, 0.3) is 11.1 Å². The fourth-order valence-corrected chi connectivity index (χ4v) is 2.12. The van der Waals surface area contributed by atoms with Crippen LogP contribution in [0.3, 0.4) is 0 Å². The number of pyridine rings is 2. The van der Waals surface area contributed by atoms with E-state index in [4.69, 9.17) is 15.9 Å². The second-order valence-corrected chi connectivity index (χ2v) is 4.81. The number of ether oxygens (including phenoxy) is 2. The Morgan fingerprint density at radius 2 is 1.41 bits per heavy atom. The van der Waals surface area contributed by atoms with Gasteiger partial charge in [0.15, 0.2) is 44.5 Å². The van der Waals surface area contributed by atoms with E-state index in [2.05, 4.69) is 47.3 Å². The third-order valence-electron chi connectivity index (χ3n) is 3.35. The second kappa shape index (κ2) is 8.81. The zero-order valence-electron chi connectivity index (χ0n) is 12.9. The molecule has 0 aliphatic carbocycles. The largest absolute Gasteiger partial charge is 0.440 e. The smallest absolute Gasteiger partial charge is 0.183 e. The molecule has 0 saturated heterocycles. The summed E-state index contributed by atoms with van der Waals surface area (Å²) in [6, 6.07) is 8.42. The van der Waals surface area contributed by atoms with Crippen molar-refractivity contribution >= 4 is 0 Å². The van der Waals surface area contributed by atoms with E-state index < -0.39 is 0 Å². The maximum Gasteiger partial charge on any atom is 0.183 e. The van der Waals surface area contributed by atoms with Crippen LogP contribution in [0.5, 0.6) is 0 Å². The highest BCUT2D eigenvalue weighted by Gasteiger charge is 2.05. The summed E-state index contributed by atoms with van der Waals surface area (Å²) in [5, 5.41) is 0. The normalized spacial score (nSPS) is 10.2. The average molecular weight is 298 g/mol. The van der Waals surface area contributed by atoms with Gasteiger partial charge in [-0.15, -0.1) is 0 Å². The molecule has 0 fully saturated rings. The molecule has 0 amide bonds. The van der Waals surface area contributed by atoms with Crippen LogP contribution in [0.15, 0.2) is 49.1 Å². The van der Waals surface area contributed by atoms with Crippen molar-refractivity contribution in [2.24, 2.45) is 0 Å². The topological polar surface area (TPSA) is 26.2 Å². The van der Waals surface area contributed by atoms with Crippen molar-refractivity contribution in [1.29, 1.82) is 0 Å². The Morgan fingerprint density at radius 3 is 1.86 bits per heavy atom. The lowest BCUT2D eigenvalue weighted by Gasteiger charge is -2.02. The molecule has 0 saturated carbocycles. The van der Waals surface area contributed by atoms with Crippen LogP contribution in [0, 0.1) is 12.5 Å². The highest BCUT2D eigenvalue weighted by atomic mass is 16.5. The van der Waals surface area contributed by atoms with Crippen molar-refractivity contribution in [3.8, 4) is 23.7 Å². The van der Waals surface area contributed by atoms with E-state index in [1.165, 1.54) is 11.1 Å². The van der Waals surface area contributed by atoms with Crippen molar-refractivity contribution < 1.29 is 18.6 Å². The van der Waals surface area contributed by atoms with Crippen LogP contribution < -0.4 is 9.13 Å². The van der Waals surface area contributed by atoms with Gasteiger partial charge in [0.05, 0.1) is 0 Å². The standard InChI is InChI=1S/C18H22N2O2/c1-3-21-15-13-19-9-5-17(6-10-19)18-7-11-20(12-8-18)14-16-22-4-2/h1,5-12H,4,13-16H2,2H3/q+2. The molecule has 2 aromatic rings. The zero-order chi connectivity index (χ0) is 15.6. The summed E-state index contributed by atoms with van der Waals surface area (Å²) < 4.78 is 14.4. The first-order valence-electron chi connectivity index (χ1n) is 7.47. The Hall–Kier alpha value is -2.38. The molecule has 2 rings (SSSR count). The number of nitrogens with zero attached hydrogens (tertiary/aromatic N) is 2. The van der Waals surface area contributed by atoms with Crippen LogP contribution in [-0.4, -0.2) is 19.8 Å². The molecular weight excluding hydrogens is 276 g/mol. The number of hydrogen-bond acceptors (Lipinski definition) is 2. The lowest BCUT2D eigenvalue weighted by atomic mass is 10.1. The molecule has 0 unspecified atom stereocenters. The Balaban J connectivity index is 1.95. The van der Waals surface area contributed by atoms with E-state index in [0.717, 1.165) is 26.3 Å². The fourth-order valence-electron chi connectivity index (χ4n) is 2.12. The number of terminal acetylenes is 1. The van der Waals surface area contributed by atoms with Gasteiger partial charge in [0.1, 0.15) is 12.7 Å². The van der Waals surface area contributed by atoms with Gasteiger partial charge < -0.3 is 9.47 Å². The Bertz CT molecular complexity index is 600. The predicted molar refractivity (Wildman–Crippen MR) is 83.5 cm³/mol. The first-order valence-corrected chi connectivity index (χ1v) is 7.47. The average Bonchev–Trinajstić information content (AvgIpc) is 2.57. The molecule has 0 aliphatic heterocycles. The summed E-state index contributed by atoms with van der Waals surface area (Å²) in [5.41, 5.74) is 2.38. The second-order valence-electron chi connectivity index (χ2n) is 4.81. The van der Waals surface area contributed by atoms with E-state index in [0.29, 0.717) is 6.61 Å². The van der Waals surface area contributed by atoms with Crippen LogP contribution in [-0.2, 0) is 22.6 Å². The van der Waals surface area contributed by atoms with Crippen LogP contribution in [0.2, 0.25) is 0 Å². The summed E-state index contributed by atoms with van der Waals surface area (Å²) >= 11 is 0. The number of rotatable bonds is 8. The monoisotopic (exact) mass is 298 g/mol. The van der Waals surface area contributed by atoms with Gasteiger partial charge in [0.2, 0.25) is 0 Å². The maximum atomic E-state index is 5.36. The summed E-state index contributed by atoms with van der Waals surface area (Å²) in [5.74, 6) is 0. The van der Waals surface area contributed by atoms with Crippen LogP contribution in [0.1, 0.15) is 6.92 Å². The van der Waals surface area contributed by atoms with E-state index >= 15 is 0 Å². The number of hydrogen-bond donors (Lipinski definition) is 0. The van der Waals surface area contributed by atoms with E-state index in [9.17, 15) is 0 Å². The van der Waals surface area contributed by atoms with Crippen molar-refractivity contribution in [1.82, 2.24) is 0 Å². The maximum absolute atomic E-state index is 5.36. The van der Waals surface area contributed by atoms with E-state index in [1.54, 1.807) is 0 Å². The van der Waals surface area contributed by atoms with Gasteiger partial charge in [-0.2, -0.15) is 0 Å². The lowest BCUT2D eigenvalue weighted by molar-refractivity contribution is -0.698. The first kappa shape index (κ1) is 16.0. The molecule has 2 aromatic heterocycles. The quantitative estimate of drug-likeness (QED) is 0.420. The SMILES string of the molecule is C#COCC[n+]1ccc(-c2cc[n+](CCOCC)cc2)cc1. The van der Waals surface area contributed by atoms with Gasteiger partial charge in [-0.3, -0.25) is 0 Å². The lowest BCUT2D eigenvalue weighted by Crippen LogP contribution is -2.35. The molecule has 22 heavy (non-hydrogen) atoms. The van der Waals surface area contributed by atoms with Gasteiger partial charge in [-0.25, -0.2) is 9.13 Å². The minimum atomic E-state index is 0.520. The van der Waals surface area contributed by atoms with E-state index in [-0.39, 0.29) is 0 Å². The number of aromatic nitrogens is 2. The summed E-state index contributed by atoms with van der Waals surface area (Å²) in [4.78, 5) is 0. The Labute approximate surface area is 131 Å². The third kappa shape index (κ3) is 4.87. The summed E-state index contributed by atoms with van der Waals surface area (Å²) in [7, 11) is 0. The van der Waals surface area contributed by atoms with Crippen LogP contribution in [0.4, 0.5) is 0 Å². The Morgan fingerprint density at radius 1 is 0.909 bits per heavy atom. The molecule has 2 heterocycles. The zero-order valence-corrected chi connectivity index (χ0v) is 12.9. The molecule has 0 aromatic carbocycles. The molecule has 4 nitrogen and oxygen atoms in total. The fraction of sp³-hybridized carbons (Fsp3) is 0.333. The molecule has 4 heteroatoms. The summed E-state index contributed by atoms with van der Waals surface area (Å²) in [6.45, 7) is 5.65. The van der Waals surface area contributed by atoms with Crippen molar-refractivity contribution in [2.75, 3.05) is 19.8 Å². The van der Waals surface area contributed by atoms with Gasteiger partial charge in [0.25, 0.3) is 0 Å². The molecule has 0 spiro atoms. The van der Waals surface area contributed by atoms with Crippen LogP contribution >= 0.6 is 0 Å². The molecule has 0 N–H and O–H groups in total. The third-order valence-corrected chi connectivity index (χ3v) is 3.35. The van der Waals surface area contributed by atoms with Crippen molar-refractivity contribution in [3.05, 3.63) is 49.1 Å². The molecule has 0 aliphatic rings. The van der Waals surface area contributed by atoms with E-state index in [1.807, 2.05) is 23.9 Å². The molecule has 0 atom stereocenters. The van der Waals surface area contributed by atoms with Gasteiger partial charge >= 0.3 is 0 Å². The molecule has 0 radical (unpaired) electrons.